The number of imide groups is 1. The van der Waals surface area contributed by atoms with Crippen molar-refractivity contribution in [2.45, 2.75) is 32.9 Å². The van der Waals surface area contributed by atoms with Gasteiger partial charge in [0, 0.05) is 22.6 Å². The molecule has 0 saturated heterocycles. The van der Waals surface area contributed by atoms with E-state index in [1.807, 2.05) is 19.9 Å². The third-order valence-corrected chi connectivity index (χ3v) is 3.70. The smallest absolute Gasteiger partial charge is 0.321 e. The monoisotopic (exact) mass is 345 g/mol. The Labute approximate surface area is 141 Å². The summed E-state index contributed by atoms with van der Waals surface area (Å²) in [4.78, 5) is 25.1. The summed E-state index contributed by atoms with van der Waals surface area (Å²) in [6, 6.07) is 4.77. The summed E-state index contributed by atoms with van der Waals surface area (Å²) in [6.45, 7) is 4.40. The van der Waals surface area contributed by atoms with Gasteiger partial charge >= 0.3 is 6.03 Å². The van der Waals surface area contributed by atoms with Crippen molar-refractivity contribution in [1.82, 2.24) is 15.5 Å². The molecule has 0 aliphatic rings. The molecule has 1 aromatic carbocycles. The van der Waals surface area contributed by atoms with E-state index in [2.05, 4.69) is 10.6 Å². The molecule has 2 N–H and O–H groups in total. The van der Waals surface area contributed by atoms with Crippen molar-refractivity contribution in [2.75, 3.05) is 13.6 Å². The second kappa shape index (κ2) is 8.98. The summed E-state index contributed by atoms with van der Waals surface area (Å²) in [7, 11) is 1.77. The van der Waals surface area contributed by atoms with Gasteiger partial charge in [-0.15, -0.1) is 0 Å². The number of hydrogen-bond acceptors (Lipinski definition) is 3. The van der Waals surface area contributed by atoms with Crippen LogP contribution in [0.1, 0.15) is 25.8 Å². The zero-order chi connectivity index (χ0) is 16.7. The van der Waals surface area contributed by atoms with Crippen LogP contribution in [0.4, 0.5) is 4.79 Å². The molecule has 22 heavy (non-hydrogen) atoms. The van der Waals surface area contributed by atoms with Crippen molar-refractivity contribution in [2.24, 2.45) is 0 Å². The highest BCUT2D eigenvalue weighted by atomic mass is 35.5. The first-order chi connectivity index (χ1) is 10.3. The second-order valence-electron chi connectivity index (χ2n) is 5.24. The molecule has 0 aromatic heterocycles. The van der Waals surface area contributed by atoms with Crippen LogP contribution in [0.25, 0.3) is 0 Å². The standard InChI is InChI=1S/C15H21Cl2N3O2/c1-4-10(2)18-15(22)19-14(21)9-20(3)8-11-5-6-12(16)7-13(11)17/h5-7,10H,4,8-9H2,1-3H3,(H2,18,19,21,22)/t10-/m1/s1. The molecule has 0 saturated carbocycles. The highest BCUT2D eigenvalue weighted by molar-refractivity contribution is 6.35. The Balaban J connectivity index is 2.45. The van der Waals surface area contributed by atoms with Crippen molar-refractivity contribution >= 4 is 35.1 Å². The van der Waals surface area contributed by atoms with Crippen LogP contribution in [-0.2, 0) is 11.3 Å². The van der Waals surface area contributed by atoms with Crippen molar-refractivity contribution in [1.29, 1.82) is 0 Å². The summed E-state index contributed by atoms with van der Waals surface area (Å²) < 4.78 is 0. The van der Waals surface area contributed by atoms with E-state index in [0.717, 1.165) is 12.0 Å². The Hall–Kier alpha value is -1.30. The van der Waals surface area contributed by atoms with Gasteiger partial charge in [-0.25, -0.2) is 4.79 Å². The van der Waals surface area contributed by atoms with Gasteiger partial charge < -0.3 is 5.32 Å². The van der Waals surface area contributed by atoms with Gasteiger partial charge in [-0.05, 0) is 38.1 Å². The van der Waals surface area contributed by atoms with Crippen LogP contribution in [0.2, 0.25) is 10.0 Å². The van der Waals surface area contributed by atoms with Crippen molar-refractivity contribution < 1.29 is 9.59 Å². The average Bonchev–Trinajstić information content (AvgIpc) is 2.41. The molecule has 7 heteroatoms. The molecule has 3 amide bonds. The molecule has 122 valence electrons. The van der Waals surface area contributed by atoms with Crippen molar-refractivity contribution in [3.63, 3.8) is 0 Å². The minimum atomic E-state index is -0.475. The van der Waals surface area contributed by atoms with E-state index in [0.29, 0.717) is 16.6 Å². The molecule has 1 atom stereocenters. The van der Waals surface area contributed by atoms with E-state index in [1.54, 1.807) is 24.1 Å². The van der Waals surface area contributed by atoms with Crippen LogP contribution in [0, 0.1) is 0 Å². The first-order valence-corrected chi connectivity index (χ1v) is 7.80. The minimum Gasteiger partial charge on any atom is -0.335 e. The lowest BCUT2D eigenvalue weighted by Crippen LogP contribution is -2.46. The topological polar surface area (TPSA) is 61.4 Å². The largest absolute Gasteiger partial charge is 0.335 e. The molecule has 5 nitrogen and oxygen atoms in total. The summed E-state index contributed by atoms with van der Waals surface area (Å²) in [5, 5.41) is 6.09. The molecule has 0 unspecified atom stereocenters. The van der Waals surface area contributed by atoms with Gasteiger partial charge in [0.1, 0.15) is 0 Å². The molecule has 0 heterocycles. The molecule has 1 aromatic rings. The third kappa shape index (κ3) is 6.64. The fourth-order valence-electron chi connectivity index (χ4n) is 1.77. The highest BCUT2D eigenvalue weighted by Crippen LogP contribution is 2.21. The van der Waals surface area contributed by atoms with Crippen LogP contribution in [-0.4, -0.2) is 36.5 Å². The maximum Gasteiger partial charge on any atom is 0.321 e. The Morgan fingerprint density at radius 2 is 2.00 bits per heavy atom. The van der Waals surface area contributed by atoms with Crippen LogP contribution in [0.5, 0.6) is 0 Å². The fourth-order valence-corrected chi connectivity index (χ4v) is 2.24. The van der Waals surface area contributed by atoms with E-state index < -0.39 is 6.03 Å². The van der Waals surface area contributed by atoms with Gasteiger partial charge in [-0.1, -0.05) is 36.2 Å². The number of benzene rings is 1. The molecule has 1 rings (SSSR count). The molecule has 0 radical (unpaired) electrons. The third-order valence-electron chi connectivity index (χ3n) is 3.11. The van der Waals surface area contributed by atoms with Gasteiger partial charge in [0.15, 0.2) is 0 Å². The quantitative estimate of drug-likeness (QED) is 0.832. The van der Waals surface area contributed by atoms with E-state index in [9.17, 15) is 9.59 Å². The average molecular weight is 346 g/mol. The Morgan fingerprint density at radius 1 is 1.32 bits per heavy atom. The fraction of sp³-hybridized carbons (Fsp3) is 0.467. The zero-order valence-corrected chi connectivity index (χ0v) is 14.5. The second-order valence-corrected chi connectivity index (χ2v) is 6.08. The molecular formula is C15H21Cl2N3O2. The number of halogens is 2. The first kappa shape index (κ1) is 18.7. The van der Waals surface area contributed by atoms with Crippen LogP contribution < -0.4 is 10.6 Å². The molecule has 0 fully saturated rings. The molecular weight excluding hydrogens is 325 g/mol. The number of nitrogens with one attached hydrogen (secondary N) is 2. The van der Waals surface area contributed by atoms with Gasteiger partial charge in [0.2, 0.25) is 5.91 Å². The SMILES string of the molecule is CC[C@@H](C)NC(=O)NC(=O)CN(C)Cc1ccc(Cl)cc1Cl. The number of carbonyl (C=O) groups is 2. The summed E-state index contributed by atoms with van der Waals surface area (Å²) in [5.41, 5.74) is 0.866. The number of rotatable bonds is 6. The number of nitrogens with zero attached hydrogens (tertiary/aromatic N) is 1. The van der Waals surface area contributed by atoms with Crippen molar-refractivity contribution in [3.8, 4) is 0 Å². The van der Waals surface area contributed by atoms with E-state index >= 15 is 0 Å². The molecule has 0 bridgehead atoms. The highest BCUT2D eigenvalue weighted by Gasteiger charge is 2.13. The Kier molecular flexibility index (Phi) is 7.65. The lowest BCUT2D eigenvalue weighted by atomic mass is 10.2. The van der Waals surface area contributed by atoms with Gasteiger partial charge in [-0.3, -0.25) is 15.0 Å². The van der Waals surface area contributed by atoms with E-state index in [4.69, 9.17) is 23.2 Å². The minimum absolute atomic E-state index is 0.0263. The van der Waals surface area contributed by atoms with Gasteiger partial charge in [0.25, 0.3) is 0 Å². The lowest BCUT2D eigenvalue weighted by Gasteiger charge is -2.17. The zero-order valence-electron chi connectivity index (χ0n) is 13.0. The maximum atomic E-state index is 11.8. The molecule has 0 spiro atoms. The van der Waals surface area contributed by atoms with E-state index in [1.165, 1.54) is 0 Å². The number of hydrogen-bond donors (Lipinski definition) is 2. The Morgan fingerprint density at radius 3 is 2.59 bits per heavy atom. The number of amides is 3. The van der Waals surface area contributed by atoms with Gasteiger partial charge in [-0.2, -0.15) is 0 Å². The Bertz CT molecular complexity index is 538. The van der Waals surface area contributed by atoms with Crippen LogP contribution in [0.15, 0.2) is 18.2 Å². The molecule has 0 aliphatic heterocycles. The van der Waals surface area contributed by atoms with Gasteiger partial charge in [0.05, 0.1) is 6.54 Å². The normalized spacial score (nSPS) is 12.1. The first-order valence-electron chi connectivity index (χ1n) is 7.04. The maximum absolute atomic E-state index is 11.8. The van der Waals surface area contributed by atoms with Crippen LogP contribution in [0.3, 0.4) is 0 Å². The summed E-state index contributed by atoms with van der Waals surface area (Å²) in [5.74, 6) is -0.367. The summed E-state index contributed by atoms with van der Waals surface area (Å²) >= 11 is 11.9. The van der Waals surface area contributed by atoms with Crippen molar-refractivity contribution in [3.05, 3.63) is 33.8 Å². The predicted octanol–water partition coefficient (Wildman–Crippen LogP) is 3.05. The number of carbonyl (C=O) groups excluding carboxylic acids is 2. The summed E-state index contributed by atoms with van der Waals surface area (Å²) in [6.07, 6.45) is 0.802. The number of likely N-dealkylation sites (N-methyl/N-ethyl adjacent to an activating group) is 1. The predicted molar refractivity (Wildman–Crippen MR) is 89.2 cm³/mol. The lowest BCUT2D eigenvalue weighted by molar-refractivity contribution is -0.120. The van der Waals surface area contributed by atoms with E-state index in [-0.39, 0.29) is 18.5 Å². The van der Waals surface area contributed by atoms with Crippen LogP contribution >= 0.6 is 23.2 Å². The number of urea groups is 1. The molecule has 0 aliphatic carbocycles.